The van der Waals surface area contributed by atoms with Crippen molar-refractivity contribution in [2.45, 2.75) is 25.5 Å². The lowest BCUT2D eigenvalue weighted by atomic mass is 10.1. The molecule has 0 aromatic heterocycles. The van der Waals surface area contributed by atoms with Gasteiger partial charge in [-0.2, -0.15) is 0 Å². The number of unbranched alkanes of at least 4 members (excludes halogenated alkanes) is 1. The number of aliphatic hydroxyl groups excluding tert-OH is 1. The van der Waals surface area contributed by atoms with Crippen LogP contribution in [0.4, 0.5) is 0 Å². The molecule has 1 unspecified atom stereocenters. The second kappa shape index (κ2) is 14.8. The second-order valence-electron chi connectivity index (χ2n) is 8.08. The number of aliphatic hydroxyl groups is 1. The van der Waals surface area contributed by atoms with E-state index in [9.17, 15) is 15.2 Å². The number of rotatable bonds is 17. The minimum atomic E-state index is -0.830. The molecule has 1 atom stereocenters. The summed E-state index contributed by atoms with van der Waals surface area (Å²) in [7, 11) is 0. The van der Waals surface area contributed by atoms with Crippen molar-refractivity contribution in [3.63, 3.8) is 0 Å². The molecule has 0 fully saturated rings. The zero-order valence-corrected chi connectivity index (χ0v) is 19.7. The van der Waals surface area contributed by atoms with Crippen molar-refractivity contribution in [2.75, 3.05) is 39.5 Å². The molecule has 3 rings (SSSR count). The third-order valence-electron chi connectivity index (χ3n) is 5.29. The highest BCUT2D eigenvalue weighted by Gasteiger charge is 2.07. The van der Waals surface area contributed by atoms with E-state index in [4.69, 9.17) is 9.47 Å². The number of hydrogen-bond donors (Lipinski definition) is 3. The van der Waals surface area contributed by atoms with Crippen LogP contribution in [0.1, 0.15) is 18.4 Å². The predicted molar refractivity (Wildman–Crippen MR) is 134 cm³/mol. The summed E-state index contributed by atoms with van der Waals surface area (Å²) in [6.45, 7) is 3.15. The van der Waals surface area contributed by atoms with E-state index in [1.807, 2.05) is 66.7 Å². The van der Waals surface area contributed by atoms with Gasteiger partial charge in [0.15, 0.2) is 0 Å². The molecular formula is C26H33N3O6. The van der Waals surface area contributed by atoms with Crippen LogP contribution < -0.4 is 20.1 Å². The molecule has 0 aliphatic carbocycles. The molecule has 3 N–H and O–H groups in total. The summed E-state index contributed by atoms with van der Waals surface area (Å²) in [4.78, 5) is 14.4. The van der Waals surface area contributed by atoms with Gasteiger partial charge in [-0.1, -0.05) is 48.5 Å². The predicted octanol–water partition coefficient (Wildman–Crippen LogP) is 3.33. The Labute approximate surface area is 205 Å². The molecule has 0 aliphatic heterocycles. The van der Waals surface area contributed by atoms with E-state index < -0.39 is 11.2 Å². The van der Waals surface area contributed by atoms with Gasteiger partial charge >= 0.3 is 0 Å². The van der Waals surface area contributed by atoms with Gasteiger partial charge in [0.2, 0.25) is 0 Å². The van der Waals surface area contributed by atoms with Gasteiger partial charge in [-0.05, 0) is 55.1 Å². The first-order chi connectivity index (χ1) is 17.1. The third-order valence-corrected chi connectivity index (χ3v) is 5.29. The summed E-state index contributed by atoms with van der Waals surface area (Å²) in [6.07, 6.45) is 1.42. The minimum Gasteiger partial charge on any atom is -0.492 e. The highest BCUT2D eigenvalue weighted by molar-refractivity contribution is 5.88. The zero-order chi connectivity index (χ0) is 24.7. The van der Waals surface area contributed by atoms with Gasteiger partial charge in [-0.3, -0.25) is 0 Å². The largest absolute Gasteiger partial charge is 0.492 e. The van der Waals surface area contributed by atoms with Crippen LogP contribution >= 0.6 is 0 Å². The van der Waals surface area contributed by atoms with Crippen molar-refractivity contribution >= 4 is 10.8 Å². The van der Waals surface area contributed by atoms with Crippen LogP contribution in [0.3, 0.4) is 0 Å². The first-order valence-corrected chi connectivity index (χ1v) is 11.8. The minimum absolute atomic E-state index is 0.0994. The normalized spacial score (nSPS) is 11.8. The third kappa shape index (κ3) is 9.78. The highest BCUT2D eigenvalue weighted by Crippen LogP contribution is 2.25. The van der Waals surface area contributed by atoms with E-state index in [0.29, 0.717) is 18.8 Å². The average Bonchev–Trinajstić information content (AvgIpc) is 2.87. The summed E-state index contributed by atoms with van der Waals surface area (Å²) < 4.78 is 11.3. The van der Waals surface area contributed by atoms with E-state index >= 15 is 0 Å². The number of hydrogen-bond acceptors (Lipinski definition) is 8. The number of fused-ring (bicyclic) bond motifs is 1. The Kier molecular flexibility index (Phi) is 11.1. The zero-order valence-electron chi connectivity index (χ0n) is 19.7. The van der Waals surface area contributed by atoms with Gasteiger partial charge < -0.3 is 30.1 Å². The lowest BCUT2D eigenvalue weighted by Crippen LogP contribution is -2.32. The Bertz CT molecular complexity index is 1040. The molecule has 35 heavy (non-hydrogen) atoms. The topological polar surface area (TPSA) is 115 Å². The summed E-state index contributed by atoms with van der Waals surface area (Å²) in [6, 6.07) is 21.6. The molecule has 0 radical (unpaired) electrons. The fourth-order valence-electron chi connectivity index (χ4n) is 3.58. The monoisotopic (exact) mass is 483 g/mol. The van der Waals surface area contributed by atoms with Crippen molar-refractivity contribution in [3.05, 3.63) is 82.4 Å². The van der Waals surface area contributed by atoms with Gasteiger partial charge in [0.25, 0.3) is 5.09 Å². The Balaban J connectivity index is 1.21. The first kappa shape index (κ1) is 26.2. The van der Waals surface area contributed by atoms with Gasteiger partial charge in [0.05, 0.1) is 0 Å². The van der Waals surface area contributed by atoms with Gasteiger partial charge in [0.1, 0.15) is 37.4 Å². The molecule has 0 heterocycles. The molecule has 0 spiro atoms. The molecule has 9 nitrogen and oxygen atoms in total. The van der Waals surface area contributed by atoms with Crippen LogP contribution in [-0.4, -0.2) is 55.8 Å². The van der Waals surface area contributed by atoms with E-state index in [1.165, 1.54) is 0 Å². The second-order valence-corrected chi connectivity index (χ2v) is 8.08. The maximum absolute atomic E-state index is 10.2. The highest BCUT2D eigenvalue weighted by atomic mass is 17.0. The Morgan fingerprint density at radius 1 is 0.914 bits per heavy atom. The van der Waals surface area contributed by atoms with Crippen LogP contribution in [0, 0.1) is 10.1 Å². The number of ether oxygens (including phenoxy) is 2. The maximum atomic E-state index is 10.2. The summed E-state index contributed by atoms with van der Waals surface area (Å²) in [5.74, 6) is 1.44. The van der Waals surface area contributed by atoms with E-state index in [0.717, 1.165) is 48.0 Å². The molecule has 0 amide bonds. The van der Waals surface area contributed by atoms with Crippen LogP contribution in [-0.2, 0) is 11.4 Å². The lowest BCUT2D eigenvalue weighted by Gasteiger charge is -2.14. The fourth-order valence-corrected chi connectivity index (χ4v) is 3.58. The summed E-state index contributed by atoms with van der Waals surface area (Å²) in [5.41, 5.74) is 1.07. The first-order valence-electron chi connectivity index (χ1n) is 11.8. The van der Waals surface area contributed by atoms with E-state index in [-0.39, 0.29) is 19.8 Å². The Morgan fingerprint density at radius 3 is 2.54 bits per heavy atom. The quantitative estimate of drug-likeness (QED) is 0.152. The molecule has 188 valence electrons. The van der Waals surface area contributed by atoms with Gasteiger partial charge in [0, 0.05) is 18.5 Å². The number of benzene rings is 3. The Hall–Kier alpha value is -3.40. The van der Waals surface area contributed by atoms with Crippen molar-refractivity contribution in [3.8, 4) is 11.5 Å². The summed E-state index contributed by atoms with van der Waals surface area (Å²) >= 11 is 0. The fraction of sp³-hybridized carbons (Fsp3) is 0.385. The summed E-state index contributed by atoms with van der Waals surface area (Å²) in [5, 5.41) is 28.4. The average molecular weight is 484 g/mol. The van der Waals surface area contributed by atoms with E-state index in [1.54, 1.807) is 0 Å². The van der Waals surface area contributed by atoms with Crippen LogP contribution in [0.25, 0.3) is 10.8 Å². The smallest absolute Gasteiger partial charge is 0.294 e. The number of nitrogens with one attached hydrogen (secondary N) is 2. The SMILES string of the molecule is O=[N+]([O-])OCCOc1cccc(CNCCCCNCC(O)COc2cccc3ccccc23)c1. The van der Waals surface area contributed by atoms with Crippen molar-refractivity contribution < 1.29 is 24.5 Å². The molecule has 3 aromatic rings. The Morgan fingerprint density at radius 2 is 1.69 bits per heavy atom. The molecule has 0 saturated carbocycles. The van der Waals surface area contributed by atoms with Crippen LogP contribution in [0.2, 0.25) is 0 Å². The van der Waals surface area contributed by atoms with Gasteiger partial charge in [-0.25, -0.2) is 0 Å². The molecule has 0 saturated heterocycles. The van der Waals surface area contributed by atoms with Gasteiger partial charge in [-0.15, -0.1) is 10.1 Å². The molecular weight excluding hydrogens is 450 g/mol. The number of nitrogens with zero attached hydrogens (tertiary/aromatic N) is 1. The standard InChI is InChI=1S/C26H33N3O6/c30-23(20-34-26-12-6-9-22-8-1-2-11-25(22)26)19-28-14-4-3-13-27-18-21-7-5-10-24(17-21)33-15-16-35-29(31)32/h1-2,5-12,17,23,27-28,30H,3-4,13-16,18-20H2. The van der Waals surface area contributed by atoms with Crippen LogP contribution in [0.5, 0.6) is 11.5 Å². The van der Waals surface area contributed by atoms with E-state index in [2.05, 4.69) is 15.5 Å². The van der Waals surface area contributed by atoms with Crippen molar-refractivity contribution in [1.29, 1.82) is 0 Å². The van der Waals surface area contributed by atoms with Crippen LogP contribution in [0.15, 0.2) is 66.7 Å². The lowest BCUT2D eigenvalue weighted by molar-refractivity contribution is -0.757. The molecule has 0 bridgehead atoms. The van der Waals surface area contributed by atoms with Crippen molar-refractivity contribution in [2.24, 2.45) is 0 Å². The van der Waals surface area contributed by atoms with Crippen molar-refractivity contribution in [1.82, 2.24) is 10.6 Å². The molecule has 0 aliphatic rings. The molecule has 3 aromatic carbocycles. The maximum Gasteiger partial charge on any atom is 0.294 e. The molecule has 9 heteroatoms.